The van der Waals surface area contributed by atoms with Gasteiger partial charge in [0.05, 0.1) is 5.69 Å². The zero-order chi connectivity index (χ0) is 15.6. The van der Waals surface area contributed by atoms with E-state index in [1.165, 1.54) is 4.88 Å². The number of nitrogens with zero attached hydrogens (tertiary/aromatic N) is 2. The molecule has 0 aliphatic heterocycles. The van der Waals surface area contributed by atoms with Crippen molar-refractivity contribution in [3.05, 3.63) is 33.4 Å². The molecule has 5 heteroatoms. The van der Waals surface area contributed by atoms with Crippen molar-refractivity contribution < 1.29 is 0 Å². The van der Waals surface area contributed by atoms with Crippen molar-refractivity contribution in [1.29, 1.82) is 0 Å². The fourth-order valence-corrected chi connectivity index (χ4v) is 3.81. The Morgan fingerprint density at radius 3 is 2.62 bits per heavy atom. The van der Waals surface area contributed by atoms with Crippen molar-refractivity contribution in [3.63, 3.8) is 0 Å². The summed E-state index contributed by atoms with van der Waals surface area (Å²) in [6.45, 7) is 11.8. The molecule has 0 unspecified atom stereocenters. The molecule has 0 atom stereocenters. The smallest absolute Gasteiger partial charge is 0.143 e. The van der Waals surface area contributed by atoms with Crippen molar-refractivity contribution in [2.24, 2.45) is 0 Å². The summed E-state index contributed by atoms with van der Waals surface area (Å²) in [4.78, 5) is 10.6. The van der Waals surface area contributed by atoms with E-state index >= 15 is 0 Å². The highest BCUT2D eigenvalue weighted by Gasteiger charge is 2.24. The molecule has 0 spiro atoms. The third kappa shape index (κ3) is 4.11. The predicted octanol–water partition coefficient (Wildman–Crippen LogP) is 4.76. The molecule has 0 radical (unpaired) electrons. The average molecular weight is 368 g/mol. The molecule has 0 fully saturated rings. The topological polar surface area (TPSA) is 37.8 Å². The fraction of sp³-hybridized carbons (Fsp3) is 0.500. The number of halogens is 1. The van der Waals surface area contributed by atoms with E-state index in [1.54, 1.807) is 11.3 Å². The minimum Gasteiger partial charge on any atom is -0.310 e. The number of nitrogens with one attached hydrogen (secondary N) is 1. The molecular formula is C16H22BrN3S. The Kier molecular flexibility index (Phi) is 5.17. The van der Waals surface area contributed by atoms with E-state index in [0.29, 0.717) is 6.04 Å². The molecule has 21 heavy (non-hydrogen) atoms. The summed E-state index contributed by atoms with van der Waals surface area (Å²) in [6, 6.07) is 4.39. The van der Waals surface area contributed by atoms with Crippen LogP contribution in [0.4, 0.5) is 0 Å². The molecule has 2 rings (SSSR count). The molecule has 2 aromatic rings. The van der Waals surface area contributed by atoms with Crippen LogP contribution in [0, 0.1) is 0 Å². The number of hydrogen-bond donors (Lipinski definition) is 1. The molecular weight excluding hydrogens is 346 g/mol. The Morgan fingerprint density at radius 1 is 1.33 bits per heavy atom. The van der Waals surface area contributed by atoms with Gasteiger partial charge in [0.2, 0.25) is 0 Å². The maximum atomic E-state index is 4.88. The quantitative estimate of drug-likeness (QED) is 0.845. The molecule has 0 aromatic carbocycles. The molecule has 0 saturated heterocycles. The lowest BCUT2D eigenvalue weighted by molar-refractivity contribution is 0.546. The van der Waals surface area contributed by atoms with E-state index in [9.17, 15) is 0 Å². The summed E-state index contributed by atoms with van der Waals surface area (Å²) in [7, 11) is 0. The summed E-state index contributed by atoms with van der Waals surface area (Å²) in [5, 5.41) is 4.47. The Labute approximate surface area is 139 Å². The zero-order valence-corrected chi connectivity index (χ0v) is 15.6. The van der Waals surface area contributed by atoms with Gasteiger partial charge >= 0.3 is 0 Å². The van der Waals surface area contributed by atoms with Crippen molar-refractivity contribution in [1.82, 2.24) is 15.3 Å². The number of thiazole rings is 1. The first kappa shape index (κ1) is 16.6. The van der Waals surface area contributed by atoms with E-state index in [1.807, 2.05) is 18.3 Å². The molecule has 114 valence electrons. The first-order chi connectivity index (χ1) is 9.79. The van der Waals surface area contributed by atoms with Crippen LogP contribution in [0.15, 0.2) is 22.8 Å². The Bertz CT molecular complexity index is 614. The summed E-state index contributed by atoms with van der Waals surface area (Å²) in [6.07, 6.45) is 1.81. The van der Waals surface area contributed by atoms with Gasteiger partial charge in [-0.2, -0.15) is 0 Å². The van der Waals surface area contributed by atoms with Crippen LogP contribution in [0.25, 0.3) is 10.7 Å². The minimum absolute atomic E-state index is 0.0317. The van der Waals surface area contributed by atoms with Crippen LogP contribution in [0.1, 0.15) is 45.2 Å². The lowest BCUT2D eigenvalue weighted by atomic mass is 9.91. The minimum atomic E-state index is 0.0317. The van der Waals surface area contributed by atoms with Gasteiger partial charge in [0, 0.05) is 33.5 Å². The second-order valence-electron chi connectivity index (χ2n) is 6.41. The van der Waals surface area contributed by atoms with Gasteiger partial charge < -0.3 is 5.32 Å². The van der Waals surface area contributed by atoms with Gasteiger partial charge in [0.25, 0.3) is 0 Å². The third-order valence-corrected chi connectivity index (χ3v) is 4.74. The standard InChI is InChI=1S/C16H22BrN3S/c1-10(2)19-9-12-14(16(3,4)5)20-15(21-12)13-11(17)7-6-8-18-13/h6-8,10,19H,9H2,1-5H3. The number of pyridine rings is 1. The van der Waals surface area contributed by atoms with Crippen LogP contribution in [0.3, 0.4) is 0 Å². The van der Waals surface area contributed by atoms with Crippen LogP contribution in [-0.2, 0) is 12.0 Å². The second-order valence-corrected chi connectivity index (χ2v) is 8.35. The maximum Gasteiger partial charge on any atom is 0.143 e. The average Bonchev–Trinajstić information content (AvgIpc) is 2.81. The lowest BCUT2D eigenvalue weighted by Crippen LogP contribution is -2.23. The summed E-state index contributed by atoms with van der Waals surface area (Å²) < 4.78 is 0.988. The van der Waals surface area contributed by atoms with Gasteiger partial charge in [0.15, 0.2) is 0 Å². The maximum absolute atomic E-state index is 4.88. The largest absolute Gasteiger partial charge is 0.310 e. The summed E-state index contributed by atoms with van der Waals surface area (Å²) in [5.74, 6) is 0. The van der Waals surface area contributed by atoms with Crippen LogP contribution < -0.4 is 5.32 Å². The van der Waals surface area contributed by atoms with E-state index < -0.39 is 0 Å². The van der Waals surface area contributed by atoms with Gasteiger partial charge in [-0.15, -0.1) is 11.3 Å². The molecule has 2 aromatic heterocycles. The number of aromatic nitrogens is 2. The second kappa shape index (κ2) is 6.55. The van der Waals surface area contributed by atoms with E-state index in [4.69, 9.17) is 4.98 Å². The van der Waals surface area contributed by atoms with Gasteiger partial charge in [-0.05, 0) is 28.1 Å². The van der Waals surface area contributed by atoms with Gasteiger partial charge in [-0.1, -0.05) is 34.6 Å². The van der Waals surface area contributed by atoms with Crippen molar-refractivity contribution in [3.8, 4) is 10.7 Å². The Morgan fingerprint density at radius 2 is 2.05 bits per heavy atom. The van der Waals surface area contributed by atoms with Gasteiger partial charge in [0.1, 0.15) is 10.7 Å². The highest BCUT2D eigenvalue weighted by molar-refractivity contribution is 9.10. The van der Waals surface area contributed by atoms with Crippen molar-refractivity contribution >= 4 is 27.3 Å². The van der Waals surface area contributed by atoms with Crippen molar-refractivity contribution in [2.45, 2.75) is 52.6 Å². The van der Waals surface area contributed by atoms with Crippen LogP contribution in [0.5, 0.6) is 0 Å². The molecule has 2 heterocycles. The summed E-state index contributed by atoms with van der Waals surface area (Å²) >= 11 is 5.30. The third-order valence-electron chi connectivity index (χ3n) is 3.04. The molecule has 0 aliphatic carbocycles. The summed E-state index contributed by atoms with van der Waals surface area (Å²) in [5.41, 5.74) is 2.11. The Hall–Kier alpha value is -0.780. The molecule has 0 amide bonds. The lowest BCUT2D eigenvalue weighted by Gasteiger charge is -2.18. The molecule has 0 aliphatic rings. The Balaban J connectivity index is 2.43. The van der Waals surface area contributed by atoms with E-state index in [-0.39, 0.29) is 5.41 Å². The highest BCUT2D eigenvalue weighted by atomic mass is 79.9. The molecule has 0 bridgehead atoms. The fourth-order valence-electron chi connectivity index (χ4n) is 2.00. The zero-order valence-electron chi connectivity index (χ0n) is 13.2. The predicted molar refractivity (Wildman–Crippen MR) is 93.7 cm³/mol. The monoisotopic (exact) mass is 367 g/mol. The molecule has 3 nitrogen and oxygen atoms in total. The van der Waals surface area contributed by atoms with E-state index in [2.05, 4.69) is 60.8 Å². The molecule has 0 saturated carbocycles. The molecule has 1 N–H and O–H groups in total. The van der Waals surface area contributed by atoms with Crippen LogP contribution in [0.2, 0.25) is 0 Å². The normalized spacial score (nSPS) is 12.1. The SMILES string of the molecule is CC(C)NCc1sc(-c2ncccc2Br)nc1C(C)(C)C. The van der Waals surface area contributed by atoms with E-state index in [0.717, 1.165) is 27.4 Å². The first-order valence-corrected chi connectivity index (χ1v) is 8.74. The van der Waals surface area contributed by atoms with Gasteiger partial charge in [-0.25, -0.2) is 4.98 Å². The van der Waals surface area contributed by atoms with Crippen LogP contribution in [-0.4, -0.2) is 16.0 Å². The first-order valence-electron chi connectivity index (χ1n) is 7.13. The van der Waals surface area contributed by atoms with Crippen molar-refractivity contribution in [2.75, 3.05) is 0 Å². The van der Waals surface area contributed by atoms with Gasteiger partial charge in [-0.3, -0.25) is 4.98 Å². The number of hydrogen-bond acceptors (Lipinski definition) is 4. The highest BCUT2D eigenvalue weighted by Crippen LogP contribution is 2.36. The van der Waals surface area contributed by atoms with Crippen LogP contribution >= 0.6 is 27.3 Å². The number of rotatable bonds is 4.